The number of benzene rings is 1. The molecule has 0 aliphatic heterocycles. The lowest BCUT2D eigenvalue weighted by Crippen LogP contribution is -2.41. The number of nitrogens with one attached hydrogen (secondary N) is 3. The first-order chi connectivity index (χ1) is 10.9. The molecule has 8 nitrogen and oxygen atoms in total. The molecule has 1 aromatic carbocycles. The van der Waals surface area contributed by atoms with Gasteiger partial charge in [-0.05, 0) is 31.2 Å². The number of imide groups is 1. The van der Waals surface area contributed by atoms with Crippen LogP contribution in [-0.4, -0.2) is 43.5 Å². The molecule has 23 heavy (non-hydrogen) atoms. The largest absolute Gasteiger partial charge is 0.454 e. The zero-order valence-corrected chi connectivity index (χ0v) is 13.1. The summed E-state index contributed by atoms with van der Waals surface area (Å²) in [5.41, 5.74) is 0.330. The third kappa shape index (κ3) is 7.28. The molecule has 0 heterocycles. The van der Waals surface area contributed by atoms with Crippen LogP contribution in [-0.2, 0) is 14.3 Å². The number of halogens is 1. The van der Waals surface area contributed by atoms with Crippen molar-refractivity contribution in [1.82, 2.24) is 16.0 Å². The molecular formula is C14H16ClN3O5. The van der Waals surface area contributed by atoms with Crippen LogP contribution < -0.4 is 16.0 Å². The predicted octanol–water partition coefficient (Wildman–Crippen LogP) is 0.459. The van der Waals surface area contributed by atoms with E-state index in [-0.39, 0.29) is 0 Å². The Hall–Kier alpha value is -2.61. The van der Waals surface area contributed by atoms with Crippen LogP contribution in [0.15, 0.2) is 24.3 Å². The fourth-order valence-corrected chi connectivity index (χ4v) is 1.55. The van der Waals surface area contributed by atoms with Crippen LogP contribution in [0.1, 0.15) is 17.3 Å². The Balaban J connectivity index is 2.28. The van der Waals surface area contributed by atoms with Crippen molar-refractivity contribution in [3.63, 3.8) is 0 Å². The van der Waals surface area contributed by atoms with Crippen LogP contribution >= 0.6 is 11.6 Å². The molecule has 0 aliphatic rings. The highest BCUT2D eigenvalue weighted by Gasteiger charge is 2.12. The normalized spacial score (nSPS) is 9.65. The van der Waals surface area contributed by atoms with Gasteiger partial charge in [0.25, 0.3) is 11.8 Å². The second-order valence-corrected chi connectivity index (χ2v) is 4.69. The summed E-state index contributed by atoms with van der Waals surface area (Å²) in [4.78, 5) is 45.5. The minimum Gasteiger partial charge on any atom is -0.454 e. The molecule has 0 atom stereocenters. The van der Waals surface area contributed by atoms with Crippen LogP contribution in [0.4, 0.5) is 4.79 Å². The molecule has 0 spiro atoms. The van der Waals surface area contributed by atoms with Crippen LogP contribution in [0.2, 0.25) is 5.02 Å². The molecule has 4 amide bonds. The van der Waals surface area contributed by atoms with Crippen molar-refractivity contribution in [3.05, 3.63) is 34.9 Å². The van der Waals surface area contributed by atoms with Crippen molar-refractivity contribution in [3.8, 4) is 0 Å². The molecule has 0 saturated heterocycles. The topological polar surface area (TPSA) is 114 Å². The lowest BCUT2D eigenvalue weighted by atomic mass is 10.2. The molecule has 1 rings (SSSR count). The van der Waals surface area contributed by atoms with E-state index >= 15 is 0 Å². The SMILES string of the molecule is CCNC(=O)NC(=O)COC(=O)CNC(=O)c1ccc(Cl)cc1. The van der Waals surface area contributed by atoms with E-state index in [1.807, 2.05) is 5.32 Å². The lowest BCUT2D eigenvalue weighted by Gasteiger charge is -2.07. The Bertz CT molecular complexity index is 589. The molecule has 9 heteroatoms. The first kappa shape index (κ1) is 18.4. The number of hydrogen-bond donors (Lipinski definition) is 3. The standard InChI is InChI=1S/C14H16ClN3O5/c1-2-16-14(22)18-11(19)8-23-12(20)7-17-13(21)9-3-5-10(15)6-4-9/h3-6H,2,7-8H2,1H3,(H,17,21)(H2,16,18,19,22). The van der Waals surface area contributed by atoms with Crippen LogP contribution in [0.5, 0.6) is 0 Å². The van der Waals surface area contributed by atoms with Gasteiger partial charge in [0.05, 0.1) is 0 Å². The summed E-state index contributed by atoms with van der Waals surface area (Å²) >= 11 is 5.70. The lowest BCUT2D eigenvalue weighted by molar-refractivity contribution is -0.147. The number of esters is 1. The second-order valence-electron chi connectivity index (χ2n) is 4.26. The maximum atomic E-state index is 11.7. The summed E-state index contributed by atoms with van der Waals surface area (Å²) in [6.45, 7) is 1.02. The Morgan fingerprint density at radius 3 is 2.35 bits per heavy atom. The van der Waals surface area contributed by atoms with Gasteiger partial charge < -0.3 is 15.4 Å². The number of urea groups is 1. The Morgan fingerprint density at radius 1 is 1.09 bits per heavy atom. The van der Waals surface area contributed by atoms with Gasteiger partial charge in [-0.25, -0.2) is 4.79 Å². The first-order valence-corrected chi connectivity index (χ1v) is 7.07. The van der Waals surface area contributed by atoms with E-state index in [0.29, 0.717) is 17.1 Å². The van der Waals surface area contributed by atoms with Crippen molar-refractivity contribution >= 4 is 35.4 Å². The van der Waals surface area contributed by atoms with E-state index < -0.39 is 37.0 Å². The molecule has 0 fully saturated rings. The van der Waals surface area contributed by atoms with E-state index in [2.05, 4.69) is 15.4 Å². The summed E-state index contributed by atoms with van der Waals surface area (Å²) in [5.74, 6) is -2.06. The fraction of sp³-hybridized carbons (Fsp3) is 0.286. The number of rotatable bonds is 6. The molecule has 0 aliphatic carbocycles. The van der Waals surface area contributed by atoms with E-state index in [0.717, 1.165) is 0 Å². The summed E-state index contributed by atoms with van der Waals surface area (Å²) < 4.78 is 4.62. The monoisotopic (exact) mass is 341 g/mol. The number of hydrogen-bond acceptors (Lipinski definition) is 5. The average molecular weight is 342 g/mol. The van der Waals surface area contributed by atoms with E-state index in [1.54, 1.807) is 19.1 Å². The van der Waals surface area contributed by atoms with Crippen molar-refractivity contribution in [2.75, 3.05) is 19.7 Å². The maximum Gasteiger partial charge on any atom is 0.325 e. The van der Waals surface area contributed by atoms with Crippen molar-refractivity contribution < 1.29 is 23.9 Å². The number of carbonyl (C=O) groups excluding carboxylic acids is 4. The fourth-order valence-electron chi connectivity index (χ4n) is 1.42. The van der Waals surface area contributed by atoms with E-state index in [9.17, 15) is 19.2 Å². The minimum absolute atomic E-state index is 0.330. The van der Waals surface area contributed by atoms with Gasteiger partial charge in [0.2, 0.25) is 0 Å². The minimum atomic E-state index is -0.807. The third-order valence-electron chi connectivity index (χ3n) is 2.45. The molecule has 0 unspecified atom stereocenters. The van der Waals surface area contributed by atoms with Crippen molar-refractivity contribution in [2.45, 2.75) is 6.92 Å². The van der Waals surface area contributed by atoms with Gasteiger partial charge in [-0.1, -0.05) is 11.6 Å². The van der Waals surface area contributed by atoms with Crippen LogP contribution in [0.25, 0.3) is 0 Å². The van der Waals surface area contributed by atoms with Gasteiger partial charge >= 0.3 is 12.0 Å². The van der Waals surface area contributed by atoms with Crippen LogP contribution in [0.3, 0.4) is 0 Å². The van der Waals surface area contributed by atoms with Gasteiger partial charge in [-0.3, -0.25) is 19.7 Å². The summed E-state index contributed by atoms with van der Waals surface area (Å²) in [7, 11) is 0. The second kappa shape index (κ2) is 9.42. The number of ether oxygens (including phenoxy) is 1. The molecule has 0 aromatic heterocycles. The Labute approximate surface area is 137 Å². The first-order valence-electron chi connectivity index (χ1n) is 6.69. The predicted molar refractivity (Wildman–Crippen MR) is 82.0 cm³/mol. The van der Waals surface area contributed by atoms with Gasteiger partial charge in [0.1, 0.15) is 6.54 Å². The third-order valence-corrected chi connectivity index (χ3v) is 2.71. The summed E-state index contributed by atoms with van der Waals surface area (Å²) in [6, 6.07) is 5.41. The highest BCUT2D eigenvalue weighted by molar-refractivity contribution is 6.30. The summed E-state index contributed by atoms with van der Waals surface area (Å²) in [6.07, 6.45) is 0. The molecule has 3 N–H and O–H groups in total. The van der Waals surface area contributed by atoms with Crippen LogP contribution in [0, 0.1) is 0 Å². The molecular weight excluding hydrogens is 326 g/mol. The highest BCUT2D eigenvalue weighted by Crippen LogP contribution is 2.09. The van der Waals surface area contributed by atoms with Gasteiger partial charge in [0.15, 0.2) is 6.61 Å². The average Bonchev–Trinajstić information content (AvgIpc) is 2.51. The van der Waals surface area contributed by atoms with Gasteiger partial charge in [-0.15, -0.1) is 0 Å². The number of carbonyl (C=O) groups is 4. The molecule has 0 saturated carbocycles. The zero-order chi connectivity index (χ0) is 17.2. The molecule has 124 valence electrons. The zero-order valence-electron chi connectivity index (χ0n) is 12.3. The smallest absolute Gasteiger partial charge is 0.325 e. The van der Waals surface area contributed by atoms with Gasteiger partial charge in [0, 0.05) is 17.1 Å². The van der Waals surface area contributed by atoms with Crippen molar-refractivity contribution in [1.29, 1.82) is 0 Å². The quantitative estimate of drug-likeness (QED) is 0.650. The van der Waals surface area contributed by atoms with Gasteiger partial charge in [-0.2, -0.15) is 0 Å². The maximum absolute atomic E-state index is 11.7. The Morgan fingerprint density at radius 2 is 1.74 bits per heavy atom. The number of amides is 4. The van der Waals surface area contributed by atoms with E-state index in [1.165, 1.54) is 12.1 Å². The summed E-state index contributed by atoms with van der Waals surface area (Å²) in [5, 5.41) is 7.14. The molecule has 0 radical (unpaired) electrons. The highest BCUT2D eigenvalue weighted by atomic mass is 35.5. The van der Waals surface area contributed by atoms with Crippen molar-refractivity contribution in [2.24, 2.45) is 0 Å². The van der Waals surface area contributed by atoms with E-state index in [4.69, 9.17) is 11.6 Å². The molecule has 1 aromatic rings. The molecule has 0 bridgehead atoms. The Kier molecular flexibility index (Phi) is 7.55.